The minimum Gasteiger partial charge on any atom is -0.345 e. The van der Waals surface area contributed by atoms with Crippen molar-refractivity contribution in [2.45, 2.75) is 58.2 Å². The molecule has 0 N–H and O–H groups in total. The van der Waals surface area contributed by atoms with Crippen LogP contribution in [0.4, 0.5) is 24.7 Å². The van der Waals surface area contributed by atoms with E-state index in [9.17, 15) is 18.0 Å². The normalized spacial score (nSPS) is 18.9. The number of aromatic nitrogens is 1. The van der Waals surface area contributed by atoms with Crippen molar-refractivity contribution in [1.82, 2.24) is 9.88 Å². The van der Waals surface area contributed by atoms with Gasteiger partial charge in [0, 0.05) is 29.5 Å². The van der Waals surface area contributed by atoms with Gasteiger partial charge in [-0.1, -0.05) is 17.7 Å². The first-order valence-electron chi connectivity index (χ1n) is 12.3. The number of carbonyl (C=O) groups excluding carboxylic acids is 1. The van der Waals surface area contributed by atoms with Gasteiger partial charge in [-0.05, 0) is 95.4 Å². The molecule has 35 heavy (non-hydrogen) atoms. The Morgan fingerprint density at radius 1 is 1.11 bits per heavy atom. The summed E-state index contributed by atoms with van der Waals surface area (Å²) in [6.45, 7) is 7.54. The van der Waals surface area contributed by atoms with Crippen molar-refractivity contribution in [2.24, 2.45) is 0 Å². The fraction of sp³-hybridized carbons (Fsp3) is 0.538. The number of likely N-dealkylation sites (tertiary alicyclic amines) is 1. The van der Waals surface area contributed by atoms with Gasteiger partial charge in [0.2, 0.25) is 5.91 Å². The third-order valence-electron chi connectivity index (χ3n) is 6.89. The lowest BCUT2D eigenvalue weighted by Gasteiger charge is -2.32. The predicted molar refractivity (Wildman–Crippen MR) is 133 cm³/mol. The molecule has 0 aliphatic carbocycles. The van der Waals surface area contributed by atoms with Crippen LogP contribution in [0.15, 0.2) is 30.3 Å². The number of rotatable bonds is 7. The number of halogens is 4. The molecule has 1 atom stereocenters. The van der Waals surface area contributed by atoms with Gasteiger partial charge in [0.25, 0.3) is 0 Å². The van der Waals surface area contributed by atoms with Crippen molar-refractivity contribution in [3.05, 3.63) is 52.2 Å². The zero-order valence-electron chi connectivity index (χ0n) is 20.2. The summed E-state index contributed by atoms with van der Waals surface area (Å²) < 4.78 is 40.3. The largest absolute Gasteiger partial charge is 0.416 e. The highest BCUT2D eigenvalue weighted by Crippen LogP contribution is 2.34. The molecular weight excluding hydrogens is 477 g/mol. The van der Waals surface area contributed by atoms with Crippen molar-refractivity contribution in [3.63, 3.8) is 0 Å². The summed E-state index contributed by atoms with van der Waals surface area (Å²) >= 11 is 6.39. The molecule has 2 aliphatic rings. The van der Waals surface area contributed by atoms with Crippen LogP contribution in [-0.4, -0.2) is 54.6 Å². The van der Waals surface area contributed by atoms with E-state index in [1.165, 1.54) is 12.8 Å². The molecule has 0 bridgehead atoms. The van der Waals surface area contributed by atoms with Crippen molar-refractivity contribution in [2.75, 3.05) is 42.5 Å². The smallest absolute Gasteiger partial charge is 0.345 e. The monoisotopic (exact) mass is 508 g/mol. The van der Waals surface area contributed by atoms with Crippen molar-refractivity contribution in [3.8, 4) is 0 Å². The van der Waals surface area contributed by atoms with E-state index in [0.717, 1.165) is 43.8 Å². The molecule has 2 aromatic rings. The van der Waals surface area contributed by atoms with Gasteiger partial charge in [-0.25, -0.2) is 4.98 Å². The zero-order chi connectivity index (χ0) is 25.2. The molecule has 1 amide bonds. The van der Waals surface area contributed by atoms with E-state index in [1.54, 1.807) is 22.8 Å². The van der Waals surface area contributed by atoms with Gasteiger partial charge < -0.3 is 14.7 Å². The SMILES string of the molecule is Cc1cc(C(F)(F)F)cc(N2CCC[C@H]2C(=O)N(CCCN2CCCC2)c2ccc(C)c(Cl)c2)n1. The molecule has 2 fully saturated rings. The zero-order valence-corrected chi connectivity index (χ0v) is 21.0. The maximum absolute atomic E-state index is 13.9. The quantitative estimate of drug-likeness (QED) is 0.470. The van der Waals surface area contributed by atoms with Crippen LogP contribution in [0.25, 0.3) is 0 Å². The molecule has 1 aromatic heterocycles. The molecule has 2 saturated heterocycles. The fourth-order valence-electron chi connectivity index (χ4n) is 5.01. The van der Waals surface area contributed by atoms with Crippen LogP contribution in [-0.2, 0) is 11.0 Å². The van der Waals surface area contributed by atoms with Crippen LogP contribution in [0.3, 0.4) is 0 Å². The molecule has 0 unspecified atom stereocenters. The van der Waals surface area contributed by atoms with Crippen molar-refractivity contribution >= 4 is 29.0 Å². The van der Waals surface area contributed by atoms with E-state index in [-0.39, 0.29) is 17.4 Å². The van der Waals surface area contributed by atoms with E-state index in [2.05, 4.69) is 9.88 Å². The maximum Gasteiger partial charge on any atom is 0.416 e. The number of anilines is 2. The number of benzene rings is 1. The predicted octanol–water partition coefficient (Wildman–Crippen LogP) is 5.86. The highest BCUT2D eigenvalue weighted by Gasteiger charge is 2.37. The topological polar surface area (TPSA) is 39.7 Å². The third kappa shape index (κ3) is 6.09. The molecule has 9 heteroatoms. The Morgan fingerprint density at radius 2 is 1.86 bits per heavy atom. The highest BCUT2D eigenvalue weighted by atomic mass is 35.5. The minimum absolute atomic E-state index is 0.124. The summed E-state index contributed by atoms with van der Waals surface area (Å²) in [5.41, 5.74) is 1.17. The fourth-order valence-corrected chi connectivity index (χ4v) is 5.19. The Balaban J connectivity index is 1.59. The number of hydrogen-bond acceptors (Lipinski definition) is 4. The summed E-state index contributed by atoms with van der Waals surface area (Å²) in [4.78, 5) is 24.1. The van der Waals surface area contributed by atoms with E-state index in [0.29, 0.717) is 36.6 Å². The second-order valence-corrected chi connectivity index (χ2v) is 9.94. The van der Waals surface area contributed by atoms with Gasteiger partial charge in [-0.2, -0.15) is 13.2 Å². The Labute approximate surface area is 209 Å². The lowest BCUT2D eigenvalue weighted by molar-refractivity contribution is -0.137. The number of carbonyl (C=O) groups is 1. The Kier molecular flexibility index (Phi) is 7.91. The van der Waals surface area contributed by atoms with Crippen LogP contribution >= 0.6 is 11.6 Å². The van der Waals surface area contributed by atoms with Crippen molar-refractivity contribution < 1.29 is 18.0 Å². The van der Waals surface area contributed by atoms with Gasteiger partial charge in [-0.15, -0.1) is 0 Å². The summed E-state index contributed by atoms with van der Waals surface area (Å²) in [6, 6.07) is 7.10. The van der Waals surface area contributed by atoms with Gasteiger partial charge in [0.05, 0.1) is 5.56 Å². The average Bonchev–Trinajstić information content (AvgIpc) is 3.50. The minimum atomic E-state index is -4.47. The van der Waals surface area contributed by atoms with E-state index >= 15 is 0 Å². The number of aryl methyl sites for hydroxylation is 2. The summed E-state index contributed by atoms with van der Waals surface area (Å²) in [5.74, 6) is 0.0767. The van der Waals surface area contributed by atoms with Crippen LogP contribution in [0.5, 0.6) is 0 Å². The number of hydrogen-bond donors (Lipinski definition) is 0. The highest BCUT2D eigenvalue weighted by molar-refractivity contribution is 6.31. The molecule has 2 aliphatic heterocycles. The van der Waals surface area contributed by atoms with Gasteiger partial charge in [-0.3, -0.25) is 4.79 Å². The summed E-state index contributed by atoms with van der Waals surface area (Å²) in [6.07, 6.45) is 0.0296. The summed E-state index contributed by atoms with van der Waals surface area (Å²) in [7, 11) is 0. The Morgan fingerprint density at radius 3 is 2.54 bits per heavy atom. The molecule has 0 saturated carbocycles. The number of amides is 1. The molecule has 3 heterocycles. The second-order valence-electron chi connectivity index (χ2n) is 9.53. The van der Waals surface area contributed by atoms with Crippen LogP contribution in [0.2, 0.25) is 5.02 Å². The molecule has 0 radical (unpaired) electrons. The Bertz CT molecular complexity index is 1060. The number of nitrogens with zero attached hydrogens (tertiary/aromatic N) is 4. The number of pyridine rings is 1. The van der Waals surface area contributed by atoms with E-state index in [1.807, 2.05) is 19.1 Å². The molecule has 4 rings (SSSR count). The lowest BCUT2D eigenvalue weighted by atomic mass is 10.1. The Hall–Kier alpha value is -2.32. The first kappa shape index (κ1) is 25.8. The molecular formula is C26H32ClF3N4O. The van der Waals surface area contributed by atoms with E-state index < -0.39 is 17.8 Å². The average molecular weight is 509 g/mol. The van der Waals surface area contributed by atoms with Gasteiger partial charge >= 0.3 is 6.18 Å². The van der Waals surface area contributed by atoms with Crippen LogP contribution in [0, 0.1) is 13.8 Å². The van der Waals surface area contributed by atoms with Crippen molar-refractivity contribution in [1.29, 1.82) is 0 Å². The summed E-state index contributed by atoms with van der Waals surface area (Å²) in [5, 5.41) is 0.582. The van der Waals surface area contributed by atoms with E-state index in [4.69, 9.17) is 11.6 Å². The first-order valence-corrected chi connectivity index (χ1v) is 12.6. The maximum atomic E-state index is 13.9. The van der Waals surface area contributed by atoms with Crippen LogP contribution < -0.4 is 9.80 Å². The molecule has 190 valence electrons. The molecule has 5 nitrogen and oxygen atoms in total. The van der Waals surface area contributed by atoms with Crippen LogP contribution in [0.1, 0.15) is 48.9 Å². The third-order valence-corrected chi connectivity index (χ3v) is 7.29. The second kappa shape index (κ2) is 10.7. The number of alkyl halides is 3. The first-order chi connectivity index (χ1) is 16.6. The molecule has 0 spiro atoms. The standard InChI is InChI=1S/C26H32ClF3N4O/c1-18-8-9-21(17-22(18)27)33(14-6-12-32-10-3-4-11-32)25(35)23-7-5-13-34(23)24-16-20(26(28,29)30)15-19(2)31-24/h8-9,15-17,23H,3-7,10-14H2,1-2H3/t23-/m0/s1. The lowest BCUT2D eigenvalue weighted by Crippen LogP contribution is -2.47. The van der Waals surface area contributed by atoms with Gasteiger partial charge in [0.1, 0.15) is 11.9 Å². The molecule has 1 aromatic carbocycles. The van der Waals surface area contributed by atoms with Gasteiger partial charge in [0.15, 0.2) is 0 Å².